The molecule has 21 heavy (non-hydrogen) atoms. The van der Waals surface area contributed by atoms with Crippen LogP contribution in [-0.4, -0.2) is 0 Å². The molecule has 3 rings (SSSR count). The van der Waals surface area contributed by atoms with E-state index in [2.05, 4.69) is 18.3 Å². The van der Waals surface area contributed by atoms with Gasteiger partial charge in [-0.15, -0.1) is 11.3 Å². The van der Waals surface area contributed by atoms with Gasteiger partial charge in [0.15, 0.2) is 0 Å². The van der Waals surface area contributed by atoms with Gasteiger partial charge in [-0.3, -0.25) is 0 Å². The van der Waals surface area contributed by atoms with Crippen molar-refractivity contribution in [3.05, 3.63) is 63.3 Å². The van der Waals surface area contributed by atoms with E-state index in [1.165, 1.54) is 4.88 Å². The number of rotatable bonds is 3. The summed E-state index contributed by atoms with van der Waals surface area (Å²) in [7, 11) is 0. The maximum Gasteiger partial charge on any atom is 0.0998 e. The van der Waals surface area contributed by atoms with Crippen molar-refractivity contribution in [2.45, 2.75) is 13.0 Å². The molecule has 1 heterocycles. The molecular weight excluding hydrogens is 300 g/mol. The number of nitriles is 1. The van der Waals surface area contributed by atoms with Gasteiger partial charge < -0.3 is 5.32 Å². The van der Waals surface area contributed by atoms with E-state index in [1.807, 2.05) is 48.5 Å². The first-order valence-electron chi connectivity index (χ1n) is 6.62. The highest BCUT2D eigenvalue weighted by Gasteiger charge is 2.11. The van der Waals surface area contributed by atoms with Crippen LogP contribution in [0.3, 0.4) is 0 Å². The second-order valence-electron chi connectivity index (χ2n) is 4.83. The van der Waals surface area contributed by atoms with Crippen molar-refractivity contribution < 1.29 is 0 Å². The molecule has 0 aliphatic rings. The van der Waals surface area contributed by atoms with E-state index < -0.39 is 0 Å². The highest BCUT2D eigenvalue weighted by molar-refractivity contribution is 7.16. The number of hydrogen-bond acceptors (Lipinski definition) is 3. The van der Waals surface area contributed by atoms with E-state index in [0.717, 1.165) is 20.8 Å². The summed E-state index contributed by atoms with van der Waals surface area (Å²) < 4.78 is 0.795. The topological polar surface area (TPSA) is 35.8 Å². The van der Waals surface area contributed by atoms with Crippen LogP contribution in [0.15, 0.2) is 48.5 Å². The summed E-state index contributed by atoms with van der Waals surface area (Å²) >= 11 is 7.58. The van der Waals surface area contributed by atoms with Gasteiger partial charge in [0.05, 0.1) is 22.0 Å². The van der Waals surface area contributed by atoms with Gasteiger partial charge in [-0.05, 0) is 31.2 Å². The maximum absolute atomic E-state index is 9.21. The fourth-order valence-electron chi connectivity index (χ4n) is 2.39. The Bertz CT molecular complexity index is 832. The Kier molecular flexibility index (Phi) is 3.83. The molecule has 1 aromatic heterocycles. The molecule has 0 saturated heterocycles. The molecule has 0 saturated carbocycles. The van der Waals surface area contributed by atoms with Gasteiger partial charge in [-0.25, -0.2) is 0 Å². The fraction of sp³-hybridized carbons (Fsp3) is 0.118. The molecule has 2 aromatic carbocycles. The lowest BCUT2D eigenvalue weighted by Crippen LogP contribution is -2.05. The van der Waals surface area contributed by atoms with E-state index in [9.17, 15) is 5.26 Å². The van der Waals surface area contributed by atoms with E-state index in [-0.39, 0.29) is 6.04 Å². The van der Waals surface area contributed by atoms with Crippen LogP contribution >= 0.6 is 22.9 Å². The van der Waals surface area contributed by atoms with Crippen molar-refractivity contribution in [2.24, 2.45) is 0 Å². The molecule has 0 radical (unpaired) electrons. The first-order valence-corrected chi connectivity index (χ1v) is 7.82. The zero-order chi connectivity index (χ0) is 14.8. The van der Waals surface area contributed by atoms with Crippen LogP contribution in [-0.2, 0) is 0 Å². The molecule has 1 atom stereocenters. The van der Waals surface area contributed by atoms with Crippen LogP contribution in [0.2, 0.25) is 4.34 Å². The number of hydrogen-bond donors (Lipinski definition) is 1. The average molecular weight is 313 g/mol. The summed E-state index contributed by atoms with van der Waals surface area (Å²) in [5.41, 5.74) is 1.73. The van der Waals surface area contributed by atoms with Gasteiger partial charge in [0.25, 0.3) is 0 Å². The Hall–Kier alpha value is -2.02. The number of halogens is 1. The second-order valence-corrected chi connectivity index (χ2v) is 6.57. The van der Waals surface area contributed by atoms with Crippen molar-refractivity contribution in [3.8, 4) is 6.07 Å². The van der Waals surface area contributed by atoms with Gasteiger partial charge in [0.1, 0.15) is 0 Å². The molecule has 0 fully saturated rings. The quantitative estimate of drug-likeness (QED) is 0.683. The predicted octanol–water partition coefficient (Wildman–Crippen LogP) is 5.60. The van der Waals surface area contributed by atoms with E-state index in [1.54, 1.807) is 11.3 Å². The molecule has 104 valence electrons. The van der Waals surface area contributed by atoms with E-state index >= 15 is 0 Å². The standard InChI is InChI=1S/C17H13ClN2S/c1-11(16-8-9-17(18)21-16)20-15-7-6-12(10-19)13-4-2-3-5-14(13)15/h2-9,11,20H,1H3. The van der Waals surface area contributed by atoms with Crippen molar-refractivity contribution >= 4 is 39.4 Å². The van der Waals surface area contributed by atoms with Crippen LogP contribution < -0.4 is 5.32 Å². The Morgan fingerprint density at radius 3 is 2.52 bits per heavy atom. The first-order chi connectivity index (χ1) is 10.2. The predicted molar refractivity (Wildman–Crippen MR) is 90.0 cm³/mol. The lowest BCUT2D eigenvalue weighted by molar-refractivity contribution is 0.910. The third kappa shape index (κ3) is 2.73. The van der Waals surface area contributed by atoms with Crippen molar-refractivity contribution in [1.29, 1.82) is 5.26 Å². The highest BCUT2D eigenvalue weighted by Crippen LogP contribution is 2.32. The van der Waals surface area contributed by atoms with Crippen LogP contribution in [0.1, 0.15) is 23.4 Å². The van der Waals surface area contributed by atoms with Crippen LogP contribution in [0, 0.1) is 11.3 Å². The molecule has 0 amide bonds. The summed E-state index contributed by atoms with van der Waals surface area (Å²) in [5.74, 6) is 0. The molecule has 0 aliphatic carbocycles. The minimum atomic E-state index is 0.166. The average Bonchev–Trinajstić information content (AvgIpc) is 2.94. The Balaban J connectivity index is 2.00. The maximum atomic E-state index is 9.21. The van der Waals surface area contributed by atoms with Gasteiger partial charge in [0, 0.05) is 21.3 Å². The lowest BCUT2D eigenvalue weighted by atomic mass is 10.0. The second kappa shape index (κ2) is 5.77. The van der Waals surface area contributed by atoms with Gasteiger partial charge >= 0.3 is 0 Å². The summed E-state index contributed by atoms with van der Waals surface area (Å²) in [4.78, 5) is 1.19. The minimum Gasteiger partial charge on any atom is -0.377 e. The number of nitrogens with one attached hydrogen (secondary N) is 1. The zero-order valence-electron chi connectivity index (χ0n) is 11.4. The summed E-state index contributed by atoms with van der Waals surface area (Å²) in [6.07, 6.45) is 0. The molecule has 2 nitrogen and oxygen atoms in total. The summed E-state index contributed by atoms with van der Waals surface area (Å²) in [5, 5.41) is 14.7. The van der Waals surface area contributed by atoms with Crippen LogP contribution in [0.5, 0.6) is 0 Å². The summed E-state index contributed by atoms with van der Waals surface area (Å²) in [6.45, 7) is 2.11. The zero-order valence-corrected chi connectivity index (χ0v) is 13.0. The summed E-state index contributed by atoms with van der Waals surface area (Å²) in [6, 6.07) is 18.1. The minimum absolute atomic E-state index is 0.166. The largest absolute Gasteiger partial charge is 0.377 e. The van der Waals surface area contributed by atoms with Crippen molar-refractivity contribution in [3.63, 3.8) is 0 Å². The Labute approximate surface area is 132 Å². The number of anilines is 1. The third-order valence-corrected chi connectivity index (χ3v) is 4.85. The number of benzene rings is 2. The third-order valence-electron chi connectivity index (χ3n) is 3.44. The molecule has 0 aliphatic heterocycles. The number of nitrogens with zero attached hydrogens (tertiary/aromatic N) is 1. The van der Waals surface area contributed by atoms with Gasteiger partial charge in [0.2, 0.25) is 0 Å². The molecule has 0 spiro atoms. The lowest BCUT2D eigenvalue weighted by Gasteiger charge is -2.16. The Morgan fingerprint density at radius 1 is 1.10 bits per heavy atom. The van der Waals surface area contributed by atoms with Gasteiger partial charge in [-0.1, -0.05) is 35.9 Å². The Morgan fingerprint density at radius 2 is 1.86 bits per heavy atom. The smallest absolute Gasteiger partial charge is 0.0998 e. The van der Waals surface area contributed by atoms with E-state index in [0.29, 0.717) is 5.56 Å². The van der Waals surface area contributed by atoms with Crippen LogP contribution in [0.4, 0.5) is 5.69 Å². The van der Waals surface area contributed by atoms with Crippen molar-refractivity contribution in [1.82, 2.24) is 0 Å². The fourth-order valence-corrected chi connectivity index (χ4v) is 3.45. The highest BCUT2D eigenvalue weighted by atomic mass is 35.5. The monoisotopic (exact) mass is 312 g/mol. The number of fused-ring (bicyclic) bond motifs is 1. The van der Waals surface area contributed by atoms with Gasteiger partial charge in [-0.2, -0.15) is 5.26 Å². The molecule has 1 N–H and O–H groups in total. The normalized spacial score (nSPS) is 12.0. The molecule has 0 bridgehead atoms. The van der Waals surface area contributed by atoms with Crippen LogP contribution in [0.25, 0.3) is 10.8 Å². The molecular formula is C17H13ClN2S. The SMILES string of the molecule is CC(Nc1ccc(C#N)c2ccccc12)c1ccc(Cl)s1. The number of thiophene rings is 1. The molecule has 3 aromatic rings. The van der Waals surface area contributed by atoms with E-state index in [4.69, 9.17) is 11.6 Å². The van der Waals surface area contributed by atoms with Crippen molar-refractivity contribution in [2.75, 3.05) is 5.32 Å². The first kappa shape index (κ1) is 13.9. The molecule has 4 heteroatoms. The molecule has 1 unspecified atom stereocenters.